The third kappa shape index (κ3) is 6.50. The molecule has 0 radical (unpaired) electrons. The monoisotopic (exact) mass is 299 g/mol. The average molecular weight is 299 g/mol. The minimum Gasteiger partial charge on any atom is -0.382 e. The molecule has 0 aliphatic rings. The molecule has 7 heteroatoms. The van der Waals surface area contributed by atoms with Crippen LogP contribution in [0.3, 0.4) is 0 Å². The Balaban J connectivity index is 2.50. The number of nitrogens with zero attached hydrogens (tertiary/aromatic N) is 1. The smallest absolute Gasteiger partial charge is 0.255 e. The van der Waals surface area contributed by atoms with Crippen molar-refractivity contribution in [1.29, 1.82) is 0 Å². The van der Waals surface area contributed by atoms with Gasteiger partial charge in [0.05, 0.1) is 31.6 Å². The lowest BCUT2D eigenvalue weighted by Gasteiger charge is -2.11. The Labute approximate surface area is 124 Å². The molecule has 1 aromatic heterocycles. The molecule has 1 amide bonds. The summed E-state index contributed by atoms with van der Waals surface area (Å²) in [6.07, 6.45) is 1.97. The quantitative estimate of drug-likeness (QED) is 0.640. The maximum atomic E-state index is 13.2. The van der Waals surface area contributed by atoms with Gasteiger partial charge in [-0.1, -0.05) is 6.92 Å². The fourth-order valence-electron chi connectivity index (χ4n) is 1.57. The molecule has 0 aliphatic heterocycles. The first-order chi connectivity index (χ1) is 10.2. The predicted molar refractivity (Wildman–Crippen MR) is 78.0 cm³/mol. The molecule has 0 aromatic carbocycles. The number of nitrogens with one attached hydrogen (secondary N) is 2. The van der Waals surface area contributed by atoms with Crippen LogP contribution >= 0.6 is 0 Å². The molecule has 21 heavy (non-hydrogen) atoms. The number of amides is 1. The van der Waals surface area contributed by atoms with Gasteiger partial charge in [-0.15, -0.1) is 0 Å². The standard InChI is InChI=1S/C14H22FN3O3/c1-3-4-16-13-12(9-11(15)10-18-13)14(19)17-5-6-21-8-7-20-2/h9-10H,3-8H2,1-2H3,(H,16,18)(H,17,19). The van der Waals surface area contributed by atoms with Crippen LogP contribution in [0, 0.1) is 5.82 Å². The van der Waals surface area contributed by atoms with E-state index in [1.165, 1.54) is 6.07 Å². The highest BCUT2D eigenvalue weighted by Gasteiger charge is 2.13. The molecule has 1 rings (SSSR count). The zero-order chi connectivity index (χ0) is 15.5. The first-order valence-electron chi connectivity index (χ1n) is 6.93. The second kappa shape index (κ2) is 10.1. The highest BCUT2D eigenvalue weighted by atomic mass is 19.1. The molecule has 0 fully saturated rings. The number of hydrogen-bond acceptors (Lipinski definition) is 5. The van der Waals surface area contributed by atoms with Gasteiger partial charge in [-0.25, -0.2) is 9.37 Å². The van der Waals surface area contributed by atoms with Crippen LogP contribution in [0.2, 0.25) is 0 Å². The zero-order valence-electron chi connectivity index (χ0n) is 12.4. The van der Waals surface area contributed by atoms with Crippen LogP contribution in [-0.2, 0) is 9.47 Å². The van der Waals surface area contributed by atoms with Crippen LogP contribution in [0.15, 0.2) is 12.3 Å². The van der Waals surface area contributed by atoms with Crippen LogP contribution in [0.4, 0.5) is 10.2 Å². The van der Waals surface area contributed by atoms with Crippen LogP contribution in [0.1, 0.15) is 23.7 Å². The number of ether oxygens (including phenoxy) is 2. The zero-order valence-corrected chi connectivity index (χ0v) is 12.4. The summed E-state index contributed by atoms with van der Waals surface area (Å²) in [6.45, 7) is 4.35. The first-order valence-corrected chi connectivity index (χ1v) is 6.93. The van der Waals surface area contributed by atoms with Gasteiger partial charge in [0.1, 0.15) is 11.6 Å². The van der Waals surface area contributed by atoms with Crippen molar-refractivity contribution in [2.45, 2.75) is 13.3 Å². The molecular weight excluding hydrogens is 277 g/mol. The van der Waals surface area contributed by atoms with Gasteiger partial charge >= 0.3 is 0 Å². The third-order valence-electron chi connectivity index (χ3n) is 2.61. The Morgan fingerprint density at radius 1 is 1.33 bits per heavy atom. The normalized spacial score (nSPS) is 10.4. The lowest BCUT2D eigenvalue weighted by molar-refractivity contribution is 0.0693. The summed E-state index contributed by atoms with van der Waals surface area (Å²) in [4.78, 5) is 15.9. The number of carbonyl (C=O) groups is 1. The molecule has 0 bridgehead atoms. The van der Waals surface area contributed by atoms with Crippen LogP contribution < -0.4 is 10.6 Å². The van der Waals surface area contributed by atoms with Crippen LogP contribution in [0.25, 0.3) is 0 Å². The minimum absolute atomic E-state index is 0.195. The van der Waals surface area contributed by atoms with E-state index >= 15 is 0 Å². The van der Waals surface area contributed by atoms with E-state index < -0.39 is 5.82 Å². The minimum atomic E-state index is -0.543. The van der Waals surface area contributed by atoms with E-state index in [9.17, 15) is 9.18 Å². The Morgan fingerprint density at radius 2 is 2.14 bits per heavy atom. The first kappa shape index (κ1) is 17.3. The molecule has 0 saturated carbocycles. The Morgan fingerprint density at radius 3 is 2.86 bits per heavy atom. The summed E-state index contributed by atoms with van der Waals surface area (Å²) >= 11 is 0. The average Bonchev–Trinajstić information content (AvgIpc) is 2.49. The Hall–Kier alpha value is -1.73. The van der Waals surface area contributed by atoms with E-state index in [-0.39, 0.29) is 11.5 Å². The van der Waals surface area contributed by atoms with Crippen molar-refractivity contribution in [2.24, 2.45) is 0 Å². The number of pyridine rings is 1. The topological polar surface area (TPSA) is 72.5 Å². The molecule has 0 spiro atoms. The molecule has 1 heterocycles. The molecule has 0 unspecified atom stereocenters. The third-order valence-corrected chi connectivity index (χ3v) is 2.61. The number of aromatic nitrogens is 1. The molecule has 6 nitrogen and oxygen atoms in total. The second-order valence-corrected chi connectivity index (χ2v) is 4.34. The van der Waals surface area contributed by atoms with Gasteiger partial charge < -0.3 is 20.1 Å². The largest absolute Gasteiger partial charge is 0.382 e. The summed E-state index contributed by atoms with van der Waals surface area (Å²) in [6, 6.07) is 1.17. The van der Waals surface area contributed by atoms with E-state index in [1.54, 1.807) is 7.11 Å². The van der Waals surface area contributed by atoms with Crippen molar-refractivity contribution in [3.8, 4) is 0 Å². The van der Waals surface area contributed by atoms with E-state index in [1.807, 2.05) is 6.92 Å². The number of halogens is 1. The number of methoxy groups -OCH3 is 1. The van der Waals surface area contributed by atoms with E-state index in [0.29, 0.717) is 38.7 Å². The van der Waals surface area contributed by atoms with Gasteiger partial charge in [-0.3, -0.25) is 4.79 Å². The summed E-state index contributed by atoms with van der Waals surface area (Å²) in [5.74, 6) is -0.537. The maximum Gasteiger partial charge on any atom is 0.255 e. The molecular formula is C14H22FN3O3. The Bertz CT molecular complexity index is 443. The molecule has 118 valence electrons. The second-order valence-electron chi connectivity index (χ2n) is 4.34. The molecule has 2 N–H and O–H groups in total. The number of anilines is 1. The predicted octanol–water partition coefficient (Wildman–Crippen LogP) is 1.44. The van der Waals surface area contributed by atoms with Crippen LogP contribution in [-0.4, -0.2) is 50.9 Å². The van der Waals surface area contributed by atoms with Gasteiger partial charge in [0.15, 0.2) is 0 Å². The number of carbonyl (C=O) groups excluding carboxylic acids is 1. The summed E-state index contributed by atoms with van der Waals surface area (Å²) in [7, 11) is 1.59. The number of hydrogen-bond donors (Lipinski definition) is 2. The SMILES string of the molecule is CCCNc1ncc(F)cc1C(=O)NCCOCCOC. The summed E-state index contributed by atoms with van der Waals surface area (Å²) < 4.78 is 23.3. The molecule has 0 atom stereocenters. The van der Waals surface area contributed by atoms with Crippen LogP contribution in [0.5, 0.6) is 0 Å². The lowest BCUT2D eigenvalue weighted by atomic mass is 10.2. The van der Waals surface area contributed by atoms with Gasteiger partial charge in [0.2, 0.25) is 0 Å². The highest BCUT2D eigenvalue weighted by molar-refractivity contribution is 5.98. The molecule has 0 saturated heterocycles. The molecule has 1 aromatic rings. The fraction of sp³-hybridized carbons (Fsp3) is 0.571. The summed E-state index contributed by atoms with van der Waals surface area (Å²) in [5.41, 5.74) is 0.195. The number of rotatable bonds is 10. The fourth-order valence-corrected chi connectivity index (χ4v) is 1.57. The van der Waals surface area contributed by atoms with E-state index in [4.69, 9.17) is 9.47 Å². The van der Waals surface area contributed by atoms with Crippen molar-refractivity contribution < 1.29 is 18.7 Å². The van der Waals surface area contributed by atoms with Crippen molar-refractivity contribution >= 4 is 11.7 Å². The van der Waals surface area contributed by atoms with Gasteiger partial charge in [-0.05, 0) is 12.5 Å². The Kier molecular flexibility index (Phi) is 8.30. The van der Waals surface area contributed by atoms with Crippen molar-refractivity contribution in [3.05, 3.63) is 23.6 Å². The van der Waals surface area contributed by atoms with Gasteiger partial charge in [0.25, 0.3) is 5.91 Å². The van der Waals surface area contributed by atoms with Gasteiger partial charge in [-0.2, -0.15) is 0 Å². The highest BCUT2D eigenvalue weighted by Crippen LogP contribution is 2.13. The summed E-state index contributed by atoms with van der Waals surface area (Å²) in [5, 5.41) is 5.67. The maximum absolute atomic E-state index is 13.2. The van der Waals surface area contributed by atoms with Crippen molar-refractivity contribution in [2.75, 3.05) is 45.3 Å². The lowest BCUT2D eigenvalue weighted by Crippen LogP contribution is -2.28. The van der Waals surface area contributed by atoms with Gasteiger partial charge in [0, 0.05) is 20.2 Å². The molecule has 0 aliphatic carbocycles. The van der Waals surface area contributed by atoms with Crippen molar-refractivity contribution in [3.63, 3.8) is 0 Å². The van der Waals surface area contributed by atoms with E-state index in [2.05, 4.69) is 15.6 Å². The van der Waals surface area contributed by atoms with E-state index in [0.717, 1.165) is 12.6 Å². The van der Waals surface area contributed by atoms with Crippen molar-refractivity contribution in [1.82, 2.24) is 10.3 Å².